The minimum Gasteiger partial charge on any atom is -0.462 e. The van der Waals surface area contributed by atoms with Crippen LogP contribution in [-0.4, -0.2) is 98.3 Å². The molecule has 14 heteroatoms. The number of phosphoric acid groups is 1. The molecule has 0 aromatic carbocycles. The first-order chi connectivity index (χ1) is 30.4. The molecule has 0 spiro atoms. The third-order valence-corrected chi connectivity index (χ3v) is 11.8. The monoisotopic (exact) mass is 913 g/mol. The number of esters is 2. The molecule has 0 bridgehead atoms. The van der Waals surface area contributed by atoms with Gasteiger partial charge in [0.25, 0.3) is 0 Å². The van der Waals surface area contributed by atoms with Crippen molar-refractivity contribution in [2.75, 3.05) is 13.2 Å². The Hall–Kier alpha value is -2.45. The highest BCUT2D eigenvalue weighted by Gasteiger charge is 2.51. The third kappa shape index (κ3) is 31.2. The van der Waals surface area contributed by atoms with Gasteiger partial charge in [0.1, 0.15) is 43.2 Å². The first kappa shape index (κ1) is 58.6. The van der Waals surface area contributed by atoms with Crippen LogP contribution >= 0.6 is 7.82 Å². The van der Waals surface area contributed by atoms with E-state index in [2.05, 4.69) is 74.6 Å². The number of hydrogen-bond acceptors (Lipinski definition) is 12. The minimum absolute atomic E-state index is 0.0752. The molecule has 6 N–H and O–H groups in total. The predicted octanol–water partition coefficient (Wildman–Crippen LogP) is 9.73. The average molecular weight is 913 g/mol. The van der Waals surface area contributed by atoms with Gasteiger partial charge < -0.3 is 39.9 Å². The molecule has 13 nitrogen and oxygen atoms in total. The van der Waals surface area contributed by atoms with Crippen LogP contribution in [0, 0.1) is 0 Å². The molecular weight excluding hydrogens is 827 g/mol. The van der Waals surface area contributed by atoms with Gasteiger partial charge in [-0.1, -0.05) is 145 Å². The molecule has 1 fully saturated rings. The van der Waals surface area contributed by atoms with E-state index < -0.39 is 75.7 Å². The van der Waals surface area contributed by atoms with Gasteiger partial charge in [-0.2, -0.15) is 0 Å². The molecule has 1 saturated carbocycles. The Morgan fingerprint density at radius 2 is 0.857 bits per heavy atom. The van der Waals surface area contributed by atoms with E-state index in [4.69, 9.17) is 18.5 Å². The van der Waals surface area contributed by atoms with Crippen molar-refractivity contribution in [1.82, 2.24) is 0 Å². The lowest BCUT2D eigenvalue weighted by Crippen LogP contribution is -2.64. The zero-order valence-corrected chi connectivity index (χ0v) is 39.5. The molecule has 1 aliphatic rings. The molecule has 0 saturated heterocycles. The number of allylic oxidation sites excluding steroid dienone is 10. The van der Waals surface area contributed by atoms with Crippen LogP contribution in [0.4, 0.5) is 0 Å². The van der Waals surface area contributed by atoms with Crippen LogP contribution in [0.2, 0.25) is 0 Å². The first-order valence-corrected chi connectivity index (χ1v) is 25.6. The van der Waals surface area contributed by atoms with Gasteiger partial charge in [0.05, 0.1) is 6.61 Å². The number of aliphatic hydroxyl groups excluding tert-OH is 5. The zero-order valence-electron chi connectivity index (χ0n) is 38.6. The van der Waals surface area contributed by atoms with Gasteiger partial charge in [-0.05, 0) is 83.5 Å². The summed E-state index contributed by atoms with van der Waals surface area (Å²) < 4.78 is 33.5. The number of carbonyl (C=O) groups is 2. The van der Waals surface area contributed by atoms with Crippen molar-refractivity contribution in [2.45, 2.75) is 224 Å². The number of phosphoric ester groups is 1. The largest absolute Gasteiger partial charge is 0.472 e. The van der Waals surface area contributed by atoms with Crippen LogP contribution in [-0.2, 0) is 32.7 Å². The molecule has 0 aromatic heterocycles. The number of unbranched alkanes of at least 4 members (excludes halogenated alkanes) is 17. The van der Waals surface area contributed by atoms with Crippen molar-refractivity contribution in [3.05, 3.63) is 60.8 Å². The molecule has 1 rings (SSSR count). The maximum atomic E-state index is 12.8. The summed E-state index contributed by atoms with van der Waals surface area (Å²) in [5.74, 6) is -1.13. The van der Waals surface area contributed by atoms with Crippen LogP contribution in [0.5, 0.6) is 0 Å². The summed E-state index contributed by atoms with van der Waals surface area (Å²) in [7, 11) is -5.13. The summed E-state index contributed by atoms with van der Waals surface area (Å²) in [5.41, 5.74) is 0. The molecule has 0 aliphatic heterocycles. The van der Waals surface area contributed by atoms with E-state index in [1.165, 1.54) is 44.9 Å². The fraction of sp³-hybridized carbons (Fsp3) is 0.755. The maximum Gasteiger partial charge on any atom is 0.472 e. The Balaban J connectivity index is 2.46. The predicted molar refractivity (Wildman–Crippen MR) is 249 cm³/mol. The summed E-state index contributed by atoms with van der Waals surface area (Å²) >= 11 is 0. The van der Waals surface area contributed by atoms with Crippen LogP contribution in [0.3, 0.4) is 0 Å². The van der Waals surface area contributed by atoms with Crippen molar-refractivity contribution in [1.29, 1.82) is 0 Å². The molecule has 6 unspecified atom stereocenters. The lowest BCUT2D eigenvalue weighted by Gasteiger charge is -2.41. The summed E-state index contributed by atoms with van der Waals surface area (Å²) in [5, 5.41) is 50.2. The average Bonchev–Trinajstić information content (AvgIpc) is 3.26. The second-order valence-electron chi connectivity index (χ2n) is 16.6. The van der Waals surface area contributed by atoms with Crippen molar-refractivity contribution in [3.63, 3.8) is 0 Å². The Bertz CT molecular complexity index is 1330. The van der Waals surface area contributed by atoms with Gasteiger partial charge in [-0.25, -0.2) is 4.57 Å². The summed E-state index contributed by atoms with van der Waals surface area (Å²) in [6.45, 7) is 3.22. The molecule has 0 aromatic rings. The van der Waals surface area contributed by atoms with E-state index in [9.17, 15) is 44.6 Å². The van der Waals surface area contributed by atoms with Crippen LogP contribution in [0.1, 0.15) is 181 Å². The second kappa shape index (κ2) is 38.8. The highest BCUT2D eigenvalue weighted by molar-refractivity contribution is 7.47. The molecule has 1 aliphatic carbocycles. The van der Waals surface area contributed by atoms with Gasteiger partial charge in [-0.3, -0.25) is 18.6 Å². The Kier molecular flexibility index (Phi) is 36.1. The van der Waals surface area contributed by atoms with Gasteiger partial charge >= 0.3 is 19.8 Å². The van der Waals surface area contributed by atoms with E-state index in [1.54, 1.807) is 0 Å². The van der Waals surface area contributed by atoms with Crippen molar-refractivity contribution >= 4 is 19.8 Å². The normalized spacial score (nSPS) is 22.2. The SMILES string of the molecule is CCCCCC=CCC=CCC=CCCCCCCCCC(=O)OCC(COP(=O)(O)OC1C(O)C(O)C(O)C(O)C1O)OC(=O)CCCCCCCC=CCC=CCCCCC. The van der Waals surface area contributed by atoms with Gasteiger partial charge in [-0.15, -0.1) is 0 Å². The van der Waals surface area contributed by atoms with Gasteiger partial charge in [0, 0.05) is 12.8 Å². The summed E-state index contributed by atoms with van der Waals surface area (Å²) in [6.07, 6.45) is 34.0. The number of rotatable bonds is 39. The highest BCUT2D eigenvalue weighted by atomic mass is 31.2. The lowest BCUT2D eigenvalue weighted by atomic mass is 9.85. The Morgan fingerprint density at radius 3 is 1.30 bits per heavy atom. The van der Waals surface area contributed by atoms with E-state index in [0.717, 1.165) is 96.3 Å². The lowest BCUT2D eigenvalue weighted by molar-refractivity contribution is -0.220. The Labute approximate surface area is 379 Å². The third-order valence-electron chi connectivity index (χ3n) is 10.8. The van der Waals surface area contributed by atoms with E-state index in [0.29, 0.717) is 12.8 Å². The summed E-state index contributed by atoms with van der Waals surface area (Å²) in [4.78, 5) is 35.7. The standard InChI is InChI=1S/C49H85O13P/c1-3-5-7-9-11-13-15-17-19-20-21-22-24-25-27-29-31-33-35-37-42(50)59-39-41(40-60-63(57,58)62-49-47(55)45(53)44(52)46(54)48(49)56)61-43(51)38-36-34-32-30-28-26-23-18-16-14-12-10-8-6-4-2/h11-14,17-19,21-23,41,44-49,52-56H,3-10,15-16,20,24-40H2,1-2H3,(H,57,58). The van der Waals surface area contributed by atoms with Crippen LogP contribution in [0.15, 0.2) is 60.8 Å². The number of carbonyl (C=O) groups excluding carboxylic acids is 2. The highest BCUT2D eigenvalue weighted by Crippen LogP contribution is 2.47. The van der Waals surface area contributed by atoms with Crippen LogP contribution < -0.4 is 0 Å². The zero-order chi connectivity index (χ0) is 46.4. The number of aliphatic hydroxyl groups is 5. The maximum absolute atomic E-state index is 12.8. The van der Waals surface area contributed by atoms with Crippen molar-refractivity contribution in [2.24, 2.45) is 0 Å². The topological polar surface area (TPSA) is 210 Å². The fourth-order valence-corrected chi connectivity index (χ4v) is 7.88. The Morgan fingerprint density at radius 1 is 0.492 bits per heavy atom. The van der Waals surface area contributed by atoms with Gasteiger partial charge in [0.2, 0.25) is 0 Å². The van der Waals surface area contributed by atoms with E-state index >= 15 is 0 Å². The first-order valence-electron chi connectivity index (χ1n) is 24.1. The molecule has 364 valence electrons. The quantitative estimate of drug-likeness (QED) is 0.0147. The van der Waals surface area contributed by atoms with Crippen LogP contribution in [0.25, 0.3) is 0 Å². The second-order valence-corrected chi connectivity index (χ2v) is 18.0. The van der Waals surface area contributed by atoms with E-state index in [1.807, 2.05) is 0 Å². The minimum atomic E-state index is -5.13. The number of hydrogen-bond donors (Lipinski definition) is 6. The molecule has 0 heterocycles. The smallest absolute Gasteiger partial charge is 0.462 e. The van der Waals surface area contributed by atoms with Crippen molar-refractivity contribution < 1.29 is 63.1 Å². The van der Waals surface area contributed by atoms with Gasteiger partial charge in [0.15, 0.2) is 6.10 Å². The van der Waals surface area contributed by atoms with Crippen molar-refractivity contribution in [3.8, 4) is 0 Å². The molecule has 0 radical (unpaired) electrons. The molecule has 6 atom stereocenters. The fourth-order valence-electron chi connectivity index (χ4n) is 6.91. The summed E-state index contributed by atoms with van der Waals surface area (Å²) in [6, 6.07) is 0. The number of ether oxygens (including phenoxy) is 2. The molecule has 0 amide bonds. The van der Waals surface area contributed by atoms with E-state index in [-0.39, 0.29) is 12.8 Å². The molecular formula is C49H85O13P. The molecule has 63 heavy (non-hydrogen) atoms.